The highest BCUT2D eigenvalue weighted by Gasteiger charge is 2.20. The maximum atomic E-state index is 12.4. The number of carbonyl (C=O) groups is 2. The normalized spacial score (nSPS) is 10.2. The van der Waals surface area contributed by atoms with E-state index in [0.29, 0.717) is 17.6 Å². The second-order valence-electron chi connectivity index (χ2n) is 4.27. The first kappa shape index (κ1) is 17.5. The minimum absolute atomic E-state index is 0.0866. The largest absolute Gasteiger partial charge is 0.507 e. The van der Waals surface area contributed by atoms with Crippen LogP contribution in [-0.4, -0.2) is 55.8 Å². The number of ether oxygens (including phenoxy) is 2. The van der Waals surface area contributed by atoms with Gasteiger partial charge in [0, 0.05) is 24.7 Å². The number of amides is 1. The number of carbonyl (C=O) groups excluding carboxylic acids is 2. The van der Waals surface area contributed by atoms with Gasteiger partial charge in [-0.2, -0.15) is 0 Å². The van der Waals surface area contributed by atoms with Crippen molar-refractivity contribution in [3.05, 3.63) is 28.2 Å². The van der Waals surface area contributed by atoms with Crippen LogP contribution in [0.5, 0.6) is 5.75 Å². The van der Waals surface area contributed by atoms with Crippen molar-refractivity contribution in [2.75, 3.05) is 33.9 Å². The second-order valence-corrected chi connectivity index (χ2v) is 5.19. The summed E-state index contributed by atoms with van der Waals surface area (Å²) >= 11 is 3.22. The molecule has 0 bridgehead atoms. The van der Waals surface area contributed by atoms with Gasteiger partial charge in [0.15, 0.2) is 0 Å². The number of aromatic hydroxyl groups is 1. The van der Waals surface area contributed by atoms with E-state index >= 15 is 0 Å². The minimum atomic E-state index is -0.398. The Kier molecular flexibility index (Phi) is 7.18. The highest BCUT2D eigenvalue weighted by Crippen LogP contribution is 2.23. The van der Waals surface area contributed by atoms with Gasteiger partial charge in [-0.1, -0.05) is 15.9 Å². The fourth-order valence-corrected chi connectivity index (χ4v) is 2.05. The molecule has 0 saturated heterocycles. The van der Waals surface area contributed by atoms with Gasteiger partial charge in [-0.25, -0.2) is 0 Å². The van der Waals surface area contributed by atoms with Gasteiger partial charge in [0.25, 0.3) is 5.91 Å². The van der Waals surface area contributed by atoms with Gasteiger partial charge in [-0.3, -0.25) is 9.59 Å². The zero-order valence-corrected chi connectivity index (χ0v) is 13.6. The third-order valence-corrected chi connectivity index (χ3v) is 3.35. The van der Waals surface area contributed by atoms with E-state index in [0.717, 1.165) is 0 Å². The van der Waals surface area contributed by atoms with Crippen LogP contribution in [0.1, 0.15) is 16.8 Å². The summed E-state index contributed by atoms with van der Waals surface area (Å²) < 4.78 is 10.2. The lowest BCUT2D eigenvalue weighted by Gasteiger charge is -2.22. The standard InChI is InChI=1S/C14H18BrNO5/c1-20-8-7-16(6-5-13(18)21-2)14(19)11-4-3-10(15)9-12(11)17/h3-4,9,17H,5-8H2,1-2H3. The van der Waals surface area contributed by atoms with Crippen LogP contribution >= 0.6 is 15.9 Å². The first-order valence-corrected chi connectivity index (χ1v) is 7.12. The maximum Gasteiger partial charge on any atom is 0.307 e. The molecule has 0 fully saturated rings. The molecule has 0 aliphatic heterocycles. The zero-order valence-electron chi connectivity index (χ0n) is 12.0. The number of halogens is 1. The van der Waals surface area contributed by atoms with E-state index in [1.807, 2.05) is 0 Å². The fourth-order valence-electron chi connectivity index (χ4n) is 1.70. The average molecular weight is 360 g/mol. The Balaban J connectivity index is 2.85. The molecule has 0 spiro atoms. The third-order valence-electron chi connectivity index (χ3n) is 2.86. The lowest BCUT2D eigenvalue weighted by molar-refractivity contribution is -0.140. The van der Waals surface area contributed by atoms with Crippen molar-refractivity contribution in [3.63, 3.8) is 0 Å². The predicted octanol–water partition coefficient (Wildman–Crippen LogP) is 1.81. The first-order chi connectivity index (χ1) is 9.99. The van der Waals surface area contributed by atoms with Gasteiger partial charge in [-0.05, 0) is 18.2 Å². The smallest absolute Gasteiger partial charge is 0.307 e. The molecule has 116 valence electrons. The lowest BCUT2D eigenvalue weighted by Crippen LogP contribution is -2.35. The van der Waals surface area contributed by atoms with Crippen molar-refractivity contribution in [2.45, 2.75) is 6.42 Å². The van der Waals surface area contributed by atoms with E-state index in [4.69, 9.17) is 4.74 Å². The summed E-state index contributed by atoms with van der Waals surface area (Å²) in [6.07, 6.45) is 0.0866. The Morgan fingerprint density at radius 1 is 1.29 bits per heavy atom. The number of benzene rings is 1. The second kappa shape index (κ2) is 8.63. The molecular formula is C14H18BrNO5. The van der Waals surface area contributed by atoms with Gasteiger partial charge in [0.1, 0.15) is 5.75 Å². The number of phenolic OH excluding ortho intramolecular Hbond substituents is 1. The Bertz CT molecular complexity index is 506. The topological polar surface area (TPSA) is 76.1 Å². The van der Waals surface area contributed by atoms with Crippen LogP contribution in [0.2, 0.25) is 0 Å². The van der Waals surface area contributed by atoms with E-state index in [1.54, 1.807) is 6.07 Å². The van der Waals surface area contributed by atoms with Crippen LogP contribution in [0, 0.1) is 0 Å². The van der Waals surface area contributed by atoms with E-state index in [-0.39, 0.29) is 30.2 Å². The molecule has 6 nitrogen and oxygen atoms in total. The van der Waals surface area contributed by atoms with E-state index in [1.165, 1.54) is 31.3 Å². The number of rotatable bonds is 7. The highest BCUT2D eigenvalue weighted by atomic mass is 79.9. The van der Waals surface area contributed by atoms with Crippen LogP contribution in [0.25, 0.3) is 0 Å². The number of hydrogen-bond acceptors (Lipinski definition) is 5. The van der Waals surface area contributed by atoms with Crippen LogP contribution in [0.3, 0.4) is 0 Å². The molecule has 0 heterocycles. The molecule has 1 amide bonds. The monoisotopic (exact) mass is 359 g/mol. The SMILES string of the molecule is COCCN(CCC(=O)OC)C(=O)c1ccc(Br)cc1O. The molecule has 1 rings (SSSR count). The van der Waals surface area contributed by atoms with Crippen LogP contribution in [0.15, 0.2) is 22.7 Å². The van der Waals surface area contributed by atoms with E-state index < -0.39 is 5.97 Å². The predicted molar refractivity (Wildman–Crippen MR) is 80.2 cm³/mol. The molecule has 1 aromatic rings. The maximum absolute atomic E-state index is 12.4. The molecule has 7 heteroatoms. The Morgan fingerprint density at radius 2 is 2.00 bits per heavy atom. The molecule has 0 aliphatic carbocycles. The summed E-state index contributed by atoms with van der Waals surface area (Å²) in [4.78, 5) is 25.1. The molecular weight excluding hydrogens is 342 g/mol. The van der Waals surface area contributed by atoms with Crippen molar-refractivity contribution >= 4 is 27.8 Å². The quantitative estimate of drug-likeness (QED) is 0.751. The number of esters is 1. The Hall–Kier alpha value is -1.60. The summed E-state index contributed by atoms with van der Waals surface area (Å²) in [5.74, 6) is -0.874. The van der Waals surface area contributed by atoms with Crippen molar-refractivity contribution in [1.82, 2.24) is 4.90 Å². The fraction of sp³-hybridized carbons (Fsp3) is 0.429. The Morgan fingerprint density at radius 3 is 2.57 bits per heavy atom. The number of nitrogens with zero attached hydrogens (tertiary/aromatic N) is 1. The zero-order chi connectivity index (χ0) is 15.8. The van der Waals surface area contributed by atoms with Gasteiger partial charge >= 0.3 is 5.97 Å². The van der Waals surface area contributed by atoms with E-state index in [2.05, 4.69) is 20.7 Å². The molecule has 1 aromatic carbocycles. The van der Waals surface area contributed by atoms with Crippen molar-refractivity contribution in [3.8, 4) is 5.75 Å². The third kappa shape index (κ3) is 5.35. The highest BCUT2D eigenvalue weighted by molar-refractivity contribution is 9.10. The summed E-state index contributed by atoms with van der Waals surface area (Å²) in [6.45, 7) is 0.858. The van der Waals surface area contributed by atoms with Crippen LogP contribution in [-0.2, 0) is 14.3 Å². The first-order valence-electron chi connectivity index (χ1n) is 6.33. The van der Waals surface area contributed by atoms with Crippen molar-refractivity contribution in [1.29, 1.82) is 0 Å². The lowest BCUT2D eigenvalue weighted by atomic mass is 10.1. The summed E-state index contributed by atoms with van der Waals surface area (Å²) in [5.41, 5.74) is 0.180. The van der Waals surface area contributed by atoms with E-state index in [9.17, 15) is 14.7 Å². The molecule has 0 radical (unpaired) electrons. The van der Waals surface area contributed by atoms with Gasteiger partial charge in [0.05, 0.1) is 25.7 Å². The van der Waals surface area contributed by atoms with Gasteiger partial charge < -0.3 is 19.5 Å². The number of methoxy groups -OCH3 is 2. The molecule has 1 N–H and O–H groups in total. The number of phenols is 1. The molecule has 0 aliphatic rings. The molecule has 0 unspecified atom stereocenters. The van der Waals surface area contributed by atoms with Crippen molar-refractivity contribution in [2.24, 2.45) is 0 Å². The minimum Gasteiger partial charge on any atom is -0.507 e. The number of hydrogen-bond donors (Lipinski definition) is 1. The summed E-state index contributed by atoms with van der Waals surface area (Å²) in [7, 11) is 2.82. The molecule has 0 saturated carbocycles. The summed E-state index contributed by atoms with van der Waals surface area (Å²) in [6, 6.07) is 4.64. The van der Waals surface area contributed by atoms with Crippen LogP contribution in [0.4, 0.5) is 0 Å². The molecule has 0 atom stereocenters. The molecule has 21 heavy (non-hydrogen) atoms. The summed E-state index contributed by atoms with van der Waals surface area (Å²) in [5, 5.41) is 9.86. The Labute approximate surface area is 131 Å². The molecule has 0 aromatic heterocycles. The van der Waals surface area contributed by atoms with Crippen molar-refractivity contribution < 1.29 is 24.2 Å². The van der Waals surface area contributed by atoms with Gasteiger partial charge in [0.2, 0.25) is 0 Å². The van der Waals surface area contributed by atoms with Gasteiger partial charge in [-0.15, -0.1) is 0 Å². The van der Waals surface area contributed by atoms with Crippen LogP contribution < -0.4 is 0 Å². The average Bonchev–Trinajstić information content (AvgIpc) is 2.46.